The van der Waals surface area contributed by atoms with Gasteiger partial charge in [-0.25, -0.2) is 4.39 Å². The number of carbonyl (C=O) groups is 3. The SMILES string of the molecule is CCC(=O)N1CCCC(C(=O)Nc2ccc(NC(=O)c3ccccc3F)cc2C(F)(F)F)C1. The Labute approximate surface area is 188 Å². The molecule has 2 aromatic carbocycles. The Kier molecular flexibility index (Phi) is 7.35. The van der Waals surface area contributed by atoms with Gasteiger partial charge in [-0.2, -0.15) is 13.2 Å². The summed E-state index contributed by atoms with van der Waals surface area (Å²) in [4.78, 5) is 38.4. The first kappa shape index (κ1) is 24.2. The van der Waals surface area contributed by atoms with Crippen LogP contribution in [0.25, 0.3) is 0 Å². The second-order valence-electron chi connectivity index (χ2n) is 7.71. The summed E-state index contributed by atoms with van der Waals surface area (Å²) >= 11 is 0. The van der Waals surface area contributed by atoms with Gasteiger partial charge in [-0.05, 0) is 43.2 Å². The Morgan fingerprint density at radius 3 is 2.48 bits per heavy atom. The van der Waals surface area contributed by atoms with E-state index in [9.17, 15) is 31.9 Å². The topological polar surface area (TPSA) is 78.5 Å². The fourth-order valence-electron chi connectivity index (χ4n) is 3.69. The highest BCUT2D eigenvalue weighted by Gasteiger charge is 2.35. The smallest absolute Gasteiger partial charge is 0.342 e. The van der Waals surface area contributed by atoms with Crippen LogP contribution in [-0.2, 0) is 15.8 Å². The molecular weight excluding hydrogens is 442 g/mol. The molecule has 176 valence electrons. The van der Waals surface area contributed by atoms with E-state index in [-0.39, 0.29) is 30.1 Å². The fourth-order valence-corrected chi connectivity index (χ4v) is 3.69. The molecule has 1 fully saturated rings. The van der Waals surface area contributed by atoms with E-state index in [1.54, 1.807) is 11.8 Å². The number of piperidine rings is 1. The molecular formula is C23H23F4N3O3. The molecule has 0 aliphatic carbocycles. The number of rotatable bonds is 5. The van der Waals surface area contributed by atoms with E-state index in [1.165, 1.54) is 24.3 Å². The Morgan fingerprint density at radius 1 is 1.09 bits per heavy atom. The van der Waals surface area contributed by atoms with E-state index in [0.29, 0.717) is 25.5 Å². The summed E-state index contributed by atoms with van der Waals surface area (Å²) in [6.45, 7) is 2.37. The molecule has 1 saturated heterocycles. The molecule has 6 nitrogen and oxygen atoms in total. The van der Waals surface area contributed by atoms with Crippen LogP contribution < -0.4 is 10.6 Å². The molecule has 2 N–H and O–H groups in total. The molecule has 0 aromatic heterocycles. The molecule has 1 heterocycles. The molecule has 1 atom stereocenters. The van der Waals surface area contributed by atoms with Crippen LogP contribution >= 0.6 is 0 Å². The number of hydrogen-bond acceptors (Lipinski definition) is 3. The summed E-state index contributed by atoms with van der Waals surface area (Å²) in [6, 6.07) is 8.00. The second-order valence-corrected chi connectivity index (χ2v) is 7.71. The van der Waals surface area contributed by atoms with Crippen molar-refractivity contribution in [1.29, 1.82) is 0 Å². The van der Waals surface area contributed by atoms with E-state index in [0.717, 1.165) is 12.1 Å². The van der Waals surface area contributed by atoms with E-state index in [4.69, 9.17) is 0 Å². The first-order chi connectivity index (χ1) is 15.6. The lowest BCUT2D eigenvalue weighted by Crippen LogP contribution is -2.43. The summed E-state index contributed by atoms with van der Waals surface area (Å²) in [5, 5.41) is 4.56. The van der Waals surface area contributed by atoms with Crippen LogP contribution in [-0.4, -0.2) is 35.7 Å². The quantitative estimate of drug-likeness (QED) is 0.630. The third kappa shape index (κ3) is 5.88. The summed E-state index contributed by atoms with van der Waals surface area (Å²) < 4.78 is 54.8. The molecule has 10 heteroatoms. The first-order valence-electron chi connectivity index (χ1n) is 10.5. The molecule has 33 heavy (non-hydrogen) atoms. The Morgan fingerprint density at radius 2 is 1.82 bits per heavy atom. The molecule has 0 spiro atoms. The van der Waals surface area contributed by atoms with Gasteiger partial charge in [0.1, 0.15) is 5.82 Å². The highest BCUT2D eigenvalue weighted by molar-refractivity contribution is 6.04. The van der Waals surface area contributed by atoms with Crippen molar-refractivity contribution in [2.45, 2.75) is 32.4 Å². The summed E-state index contributed by atoms with van der Waals surface area (Å²) in [5.74, 6) is -3.06. The highest BCUT2D eigenvalue weighted by Crippen LogP contribution is 2.37. The van der Waals surface area contributed by atoms with Crippen molar-refractivity contribution in [3.8, 4) is 0 Å². The summed E-state index contributed by atoms with van der Waals surface area (Å²) in [6.07, 6.45) is -3.50. The van der Waals surface area contributed by atoms with Gasteiger partial charge >= 0.3 is 6.18 Å². The van der Waals surface area contributed by atoms with Crippen molar-refractivity contribution in [2.75, 3.05) is 23.7 Å². The lowest BCUT2D eigenvalue weighted by atomic mass is 9.96. The molecule has 3 rings (SSSR count). The maximum atomic E-state index is 13.8. The molecule has 1 aliphatic heterocycles. The standard InChI is InChI=1S/C23H23F4N3O3/c1-2-20(31)30-11-5-6-14(13-30)21(32)29-19-10-9-15(12-17(19)23(25,26)27)28-22(33)16-7-3-4-8-18(16)24/h3-4,7-10,12,14H,2,5-6,11,13H2,1H3,(H,28,33)(H,29,32). The van der Waals surface area contributed by atoms with Gasteiger partial charge in [-0.15, -0.1) is 0 Å². The minimum atomic E-state index is -4.82. The average molecular weight is 465 g/mol. The number of benzene rings is 2. The number of anilines is 2. The van der Waals surface area contributed by atoms with Crippen LogP contribution in [0.4, 0.5) is 28.9 Å². The molecule has 0 saturated carbocycles. The predicted molar refractivity (Wildman–Crippen MR) is 114 cm³/mol. The molecule has 0 radical (unpaired) electrons. The number of halogens is 4. The van der Waals surface area contributed by atoms with E-state index < -0.39 is 41.0 Å². The van der Waals surface area contributed by atoms with Gasteiger partial charge in [-0.1, -0.05) is 19.1 Å². The minimum absolute atomic E-state index is 0.113. The third-order valence-corrected chi connectivity index (χ3v) is 5.41. The minimum Gasteiger partial charge on any atom is -0.342 e. The number of alkyl halides is 3. The van der Waals surface area contributed by atoms with Gasteiger partial charge in [0.25, 0.3) is 5.91 Å². The van der Waals surface area contributed by atoms with Gasteiger partial charge in [0, 0.05) is 25.2 Å². The molecule has 2 aromatic rings. The van der Waals surface area contributed by atoms with Crippen LogP contribution in [0.5, 0.6) is 0 Å². The predicted octanol–water partition coefficient (Wildman–Crippen LogP) is 4.68. The van der Waals surface area contributed by atoms with E-state index >= 15 is 0 Å². The zero-order valence-electron chi connectivity index (χ0n) is 17.8. The average Bonchev–Trinajstić information content (AvgIpc) is 2.79. The summed E-state index contributed by atoms with van der Waals surface area (Å²) in [7, 11) is 0. The van der Waals surface area contributed by atoms with Crippen LogP contribution in [0.3, 0.4) is 0 Å². The van der Waals surface area contributed by atoms with Gasteiger partial charge in [-0.3, -0.25) is 14.4 Å². The molecule has 3 amide bonds. The largest absolute Gasteiger partial charge is 0.418 e. The highest BCUT2D eigenvalue weighted by atomic mass is 19.4. The van der Waals surface area contributed by atoms with Crippen molar-refractivity contribution in [3.05, 3.63) is 59.4 Å². The lowest BCUT2D eigenvalue weighted by molar-refractivity contribution is -0.137. The lowest BCUT2D eigenvalue weighted by Gasteiger charge is -2.32. The molecule has 0 bridgehead atoms. The van der Waals surface area contributed by atoms with Crippen molar-refractivity contribution in [2.24, 2.45) is 5.92 Å². The second kappa shape index (κ2) is 10.0. The van der Waals surface area contributed by atoms with Crippen LogP contribution in [0.2, 0.25) is 0 Å². The van der Waals surface area contributed by atoms with Crippen LogP contribution in [0, 0.1) is 11.7 Å². The monoisotopic (exact) mass is 465 g/mol. The summed E-state index contributed by atoms with van der Waals surface area (Å²) in [5.41, 5.74) is -2.13. The van der Waals surface area contributed by atoms with Crippen LogP contribution in [0.15, 0.2) is 42.5 Å². The zero-order valence-corrected chi connectivity index (χ0v) is 17.8. The number of likely N-dealkylation sites (tertiary alicyclic amines) is 1. The number of carbonyl (C=O) groups excluding carboxylic acids is 3. The number of amides is 3. The zero-order chi connectivity index (χ0) is 24.2. The Balaban J connectivity index is 1.78. The van der Waals surface area contributed by atoms with Gasteiger partial charge in [0.2, 0.25) is 11.8 Å². The van der Waals surface area contributed by atoms with Crippen molar-refractivity contribution < 1.29 is 31.9 Å². The van der Waals surface area contributed by atoms with Crippen molar-refractivity contribution >= 4 is 29.1 Å². The van der Waals surface area contributed by atoms with Crippen molar-refractivity contribution in [1.82, 2.24) is 4.90 Å². The molecule has 1 unspecified atom stereocenters. The van der Waals surface area contributed by atoms with Crippen LogP contribution in [0.1, 0.15) is 42.1 Å². The van der Waals surface area contributed by atoms with Crippen molar-refractivity contribution in [3.63, 3.8) is 0 Å². The maximum absolute atomic E-state index is 13.8. The normalized spacial score (nSPS) is 16.3. The van der Waals surface area contributed by atoms with E-state index in [2.05, 4.69) is 10.6 Å². The van der Waals surface area contributed by atoms with Gasteiger partial charge < -0.3 is 15.5 Å². The Hall–Kier alpha value is -3.43. The number of hydrogen-bond donors (Lipinski definition) is 2. The van der Waals surface area contributed by atoms with Gasteiger partial charge in [0.15, 0.2) is 0 Å². The maximum Gasteiger partial charge on any atom is 0.418 e. The Bertz CT molecular complexity index is 1060. The van der Waals surface area contributed by atoms with E-state index in [1.807, 2.05) is 0 Å². The molecule has 1 aliphatic rings. The third-order valence-electron chi connectivity index (χ3n) is 5.41. The fraction of sp³-hybridized carbons (Fsp3) is 0.348. The number of nitrogens with one attached hydrogen (secondary N) is 2. The van der Waals surface area contributed by atoms with Gasteiger partial charge in [0.05, 0.1) is 22.7 Å². The first-order valence-corrected chi connectivity index (χ1v) is 10.5. The number of nitrogens with zero attached hydrogens (tertiary/aromatic N) is 1.